The fourth-order valence-electron chi connectivity index (χ4n) is 4.33. The highest BCUT2D eigenvalue weighted by Crippen LogP contribution is 2.39. The van der Waals surface area contributed by atoms with Crippen LogP contribution in [0.3, 0.4) is 0 Å². The third-order valence-electron chi connectivity index (χ3n) is 6.47. The summed E-state index contributed by atoms with van der Waals surface area (Å²) >= 11 is 0. The number of ether oxygens (including phenoxy) is 1. The quantitative estimate of drug-likeness (QED) is 0.216. The number of furan rings is 1. The molecule has 11 heteroatoms. The van der Waals surface area contributed by atoms with Crippen molar-refractivity contribution in [3.63, 3.8) is 0 Å². The van der Waals surface area contributed by atoms with Crippen LogP contribution in [0.5, 0.6) is 5.88 Å². The Bertz CT molecular complexity index is 1630. The van der Waals surface area contributed by atoms with Gasteiger partial charge in [0.15, 0.2) is 0 Å². The summed E-state index contributed by atoms with van der Waals surface area (Å²) in [6, 6.07) is 9.74. The number of carbonyl (C=O) groups excluding carboxylic acids is 2. The lowest BCUT2D eigenvalue weighted by atomic mass is 9.93. The molecule has 0 unspecified atom stereocenters. The van der Waals surface area contributed by atoms with Crippen molar-refractivity contribution in [3.8, 4) is 28.3 Å². The van der Waals surface area contributed by atoms with E-state index in [4.69, 9.17) is 9.15 Å². The minimum Gasteiger partial charge on any atom is -0.480 e. The van der Waals surface area contributed by atoms with Crippen LogP contribution in [0.2, 0.25) is 0 Å². The minimum atomic E-state index is -4.44. The van der Waals surface area contributed by atoms with E-state index in [0.29, 0.717) is 34.2 Å². The number of nitrogens with zero attached hydrogens (tertiary/aromatic N) is 1. The van der Waals surface area contributed by atoms with Gasteiger partial charge in [-0.3, -0.25) is 9.59 Å². The van der Waals surface area contributed by atoms with E-state index in [1.165, 1.54) is 62.8 Å². The number of aromatic nitrogens is 1. The number of halogens is 4. The number of amides is 2. The van der Waals surface area contributed by atoms with Gasteiger partial charge in [0.25, 0.3) is 11.8 Å². The lowest BCUT2D eigenvalue weighted by molar-refractivity contribution is -0.133. The van der Waals surface area contributed by atoms with Gasteiger partial charge in [0.05, 0.1) is 12.7 Å². The molecule has 0 bridgehead atoms. The van der Waals surface area contributed by atoms with E-state index in [2.05, 4.69) is 22.2 Å². The second-order valence-electron chi connectivity index (χ2n) is 9.20. The third kappa shape index (κ3) is 6.40. The number of benzene rings is 2. The number of rotatable bonds is 9. The van der Waals surface area contributed by atoms with Crippen molar-refractivity contribution < 1.29 is 36.3 Å². The molecule has 0 fully saturated rings. The summed E-state index contributed by atoms with van der Waals surface area (Å²) in [7, 11) is 2.77. The van der Waals surface area contributed by atoms with Crippen molar-refractivity contribution in [2.75, 3.05) is 14.2 Å². The molecule has 0 saturated carbocycles. The molecule has 4 rings (SSSR count). The van der Waals surface area contributed by atoms with Crippen LogP contribution >= 0.6 is 0 Å². The van der Waals surface area contributed by atoms with Crippen molar-refractivity contribution >= 4 is 22.8 Å². The second kappa shape index (κ2) is 11.8. The van der Waals surface area contributed by atoms with E-state index in [9.17, 15) is 27.2 Å². The summed E-state index contributed by atoms with van der Waals surface area (Å²) in [6.45, 7) is 5.58. The first-order valence-electron chi connectivity index (χ1n) is 12.6. The van der Waals surface area contributed by atoms with Crippen LogP contribution in [0.25, 0.3) is 33.4 Å². The molecule has 0 saturated heterocycles. The van der Waals surface area contributed by atoms with Gasteiger partial charge in [0.1, 0.15) is 22.7 Å². The molecule has 0 atom stereocenters. The zero-order chi connectivity index (χ0) is 29.9. The molecular weight excluding hydrogens is 542 g/mol. The standard InChI is InChI=1S/C30H27F4N3O4/c1-5-16(2)37-27(38)23-12-19(15-36-29(23)40-4)21-14-22-24(13-18(21)10-11-30(32,33)34)41-26(25(22)28(39)35-3)17-6-8-20(31)9-7-17/h6-9,12-15H,2,5,10-11H2,1,3-4H3,(H,35,39)(H,37,38). The number of hydrogen-bond donors (Lipinski definition) is 2. The van der Waals surface area contributed by atoms with Crippen molar-refractivity contribution in [3.05, 3.63) is 83.4 Å². The van der Waals surface area contributed by atoms with Gasteiger partial charge in [-0.2, -0.15) is 13.2 Å². The predicted octanol–water partition coefficient (Wildman–Crippen LogP) is 6.82. The number of fused-ring (bicyclic) bond motifs is 1. The zero-order valence-electron chi connectivity index (χ0n) is 22.5. The summed E-state index contributed by atoms with van der Waals surface area (Å²) in [5.41, 5.74) is 2.10. The number of nitrogens with one attached hydrogen (secondary N) is 2. The summed E-state index contributed by atoms with van der Waals surface area (Å²) < 4.78 is 64.7. The number of alkyl halides is 3. The van der Waals surface area contributed by atoms with Gasteiger partial charge in [-0.15, -0.1) is 0 Å². The molecule has 7 nitrogen and oxygen atoms in total. The van der Waals surface area contributed by atoms with Gasteiger partial charge < -0.3 is 19.8 Å². The highest BCUT2D eigenvalue weighted by Gasteiger charge is 2.29. The van der Waals surface area contributed by atoms with E-state index in [1.807, 2.05) is 6.92 Å². The lowest BCUT2D eigenvalue weighted by Gasteiger charge is -2.15. The van der Waals surface area contributed by atoms with Crippen LogP contribution < -0.4 is 15.4 Å². The van der Waals surface area contributed by atoms with Crippen LogP contribution in [0.15, 0.2) is 65.4 Å². The van der Waals surface area contributed by atoms with Crippen molar-refractivity contribution in [1.82, 2.24) is 15.6 Å². The molecule has 2 aromatic heterocycles. The number of aryl methyl sites for hydroxylation is 1. The average Bonchev–Trinajstić information content (AvgIpc) is 3.32. The van der Waals surface area contributed by atoms with Gasteiger partial charge in [0, 0.05) is 41.9 Å². The molecule has 41 heavy (non-hydrogen) atoms. The Hall–Kier alpha value is -4.67. The Balaban J connectivity index is 1.97. The number of allylic oxidation sites excluding steroid dienone is 1. The Kier molecular flexibility index (Phi) is 8.46. The van der Waals surface area contributed by atoms with Crippen molar-refractivity contribution in [2.45, 2.75) is 32.4 Å². The van der Waals surface area contributed by atoms with Crippen molar-refractivity contribution in [2.24, 2.45) is 0 Å². The van der Waals surface area contributed by atoms with E-state index < -0.39 is 36.6 Å². The normalized spacial score (nSPS) is 11.4. The van der Waals surface area contributed by atoms with Crippen LogP contribution in [-0.4, -0.2) is 37.1 Å². The smallest absolute Gasteiger partial charge is 0.389 e. The van der Waals surface area contributed by atoms with Crippen molar-refractivity contribution in [1.29, 1.82) is 0 Å². The second-order valence-corrected chi connectivity index (χ2v) is 9.20. The molecule has 0 aliphatic heterocycles. The van der Waals surface area contributed by atoms with E-state index in [1.54, 1.807) is 0 Å². The highest BCUT2D eigenvalue weighted by molar-refractivity contribution is 6.12. The maximum atomic E-state index is 13.6. The van der Waals surface area contributed by atoms with E-state index in [0.717, 1.165) is 0 Å². The molecule has 2 amide bonds. The van der Waals surface area contributed by atoms with Crippen LogP contribution in [0.1, 0.15) is 46.0 Å². The van der Waals surface area contributed by atoms with Gasteiger partial charge in [-0.05, 0) is 66.4 Å². The Morgan fingerprint density at radius 3 is 2.39 bits per heavy atom. The predicted molar refractivity (Wildman–Crippen MR) is 146 cm³/mol. The van der Waals surface area contributed by atoms with Crippen LogP contribution in [0, 0.1) is 5.82 Å². The first-order valence-corrected chi connectivity index (χ1v) is 12.6. The highest BCUT2D eigenvalue weighted by atomic mass is 19.4. The summed E-state index contributed by atoms with van der Waals surface area (Å²) in [4.78, 5) is 30.2. The van der Waals surface area contributed by atoms with Gasteiger partial charge in [0.2, 0.25) is 5.88 Å². The molecule has 2 aromatic carbocycles. The molecule has 2 N–H and O–H groups in total. The largest absolute Gasteiger partial charge is 0.480 e. The molecule has 4 aromatic rings. The summed E-state index contributed by atoms with van der Waals surface area (Å²) in [5.74, 6) is -1.40. The number of carbonyl (C=O) groups is 2. The minimum absolute atomic E-state index is 0.0148. The zero-order valence-corrected chi connectivity index (χ0v) is 22.5. The maximum Gasteiger partial charge on any atom is 0.389 e. The average molecular weight is 570 g/mol. The molecule has 0 spiro atoms. The third-order valence-corrected chi connectivity index (χ3v) is 6.47. The summed E-state index contributed by atoms with van der Waals surface area (Å²) in [6.07, 6.45) is -4.10. The summed E-state index contributed by atoms with van der Waals surface area (Å²) in [5, 5.41) is 5.52. The first-order chi connectivity index (χ1) is 19.4. The number of pyridine rings is 1. The number of hydrogen-bond acceptors (Lipinski definition) is 5. The Morgan fingerprint density at radius 2 is 1.78 bits per heavy atom. The van der Waals surface area contributed by atoms with Gasteiger partial charge in [-0.25, -0.2) is 9.37 Å². The Labute approximate surface area is 233 Å². The van der Waals surface area contributed by atoms with Crippen LogP contribution in [0.4, 0.5) is 17.6 Å². The number of methoxy groups -OCH3 is 1. The molecule has 0 radical (unpaired) electrons. The maximum absolute atomic E-state index is 13.6. The van der Waals surface area contributed by atoms with Crippen LogP contribution in [-0.2, 0) is 6.42 Å². The molecule has 214 valence electrons. The lowest BCUT2D eigenvalue weighted by Crippen LogP contribution is -2.22. The van der Waals surface area contributed by atoms with E-state index in [-0.39, 0.29) is 33.9 Å². The molecule has 0 aliphatic rings. The SMILES string of the molecule is C=C(CC)NC(=O)c1cc(-c2cc3c(C(=O)NC)c(-c4ccc(F)cc4)oc3cc2CCC(F)(F)F)cnc1OC. The Morgan fingerprint density at radius 1 is 1.07 bits per heavy atom. The van der Waals surface area contributed by atoms with Gasteiger partial charge >= 0.3 is 6.18 Å². The molecular formula is C30H27F4N3O4. The molecule has 0 aliphatic carbocycles. The van der Waals surface area contributed by atoms with E-state index >= 15 is 0 Å². The fourth-order valence-corrected chi connectivity index (χ4v) is 4.33. The fraction of sp³-hybridized carbons (Fsp3) is 0.233. The molecule has 2 heterocycles. The first kappa shape index (κ1) is 29.3. The topological polar surface area (TPSA) is 93.5 Å². The van der Waals surface area contributed by atoms with Gasteiger partial charge in [-0.1, -0.05) is 13.5 Å². The monoisotopic (exact) mass is 569 g/mol.